The number of aryl methyl sites for hydroxylation is 2. The normalized spacial score (nSPS) is 15.1. The fraction of sp³-hybridized carbons (Fsp3) is 0.500. The molecule has 0 saturated heterocycles. The average Bonchev–Trinajstić information content (AvgIpc) is 3.25. The molecular formula is C22H32IN3O3. The highest BCUT2D eigenvalue weighted by molar-refractivity contribution is 14.0. The molecule has 7 heteroatoms. The molecule has 0 saturated carbocycles. The van der Waals surface area contributed by atoms with Crippen LogP contribution < -0.4 is 15.4 Å². The number of halogens is 1. The van der Waals surface area contributed by atoms with Crippen LogP contribution in [0.15, 0.2) is 33.7 Å². The first-order valence-electron chi connectivity index (χ1n) is 9.95. The third-order valence-corrected chi connectivity index (χ3v) is 4.97. The number of aliphatic imine (C=N–C) groups is 1. The predicted octanol–water partition coefficient (Wildman–Crippen LogP) is 3.45. The minimum atomic E-state index is -1.08. The van der Waals surface area contributed by atoms with E-state index in [9.17, 15) is 5.11 Å². The Bertz CT molecular complexity index is 846. The third kappa shape index (κ3) is 6.12. The Balaban J connectivity index is 0.00000300. The summed E-state index contributed by atoms with van der Waals surface area (Å²) >= 11 is 0. The van der Waals surface area contributed by atoms with Gasteiger partial charge in [-0.15, -0.1) is 24.0 Å². The topological polar surface area (TPSA) is 79.0 Å². The van der Waals surface area contributed by atoms with Crippen LogP contribution in [0.5, 0.6) is 5.75 Å². The van der Waals surface area contributed by atoms with Gasteiger partial charge < -0.3 is 24.9 Å². The van der Waals surface area contributed by atoms with E-state index >= 15 is 0 Å². The first-order chi connectivity index (χ1) is 13.4. The molecule has 3 N–H and O–H groups in total. The Kier molecular flexibility index (Phi) is 8.39. The Labute approximate surface area is 190 Å². The van der Waals surface area contributed by atoms with Gasteiger partial charge in [0.05, 0.1) is 13.2 Å². The van der Waals surface area contributed by atoms with Gasteiger partial charge >= 0.3 is 0 Å². The lowest BCUT2D eigenvalue weighted by molar-refractivity contribution is 0.0657. The molecular weight excluding hydrogens is 481 g/mol. The number of guanidine groups is 1. The maximum Gasteiger partial charge on any atom is 0.191 e. The fourth-order valence-electron chi connectivity index (χ4n) is 3.55. The molecule has 1 unspecified atom stereocenters. The summed E-state index contributed by atoms with van der Waals surface area (Å²) in [6.07, 6.45) is 1.89. The van der Waals surface area contributed by atoms with E-state index in [0.29, 0.717) is 5.96 Å². The van der Waals surface area contributed by atoms with Crippen LogP contribution in [-0.4, -0.2) is 37.3 Å². The van der Waals surface area contributed by atoms with E-state index in [1.165, 1.54) is 11.1 Å². The third-order valence-electron chi connectivity index (χ3n) is 4.97. The smallest absolute Gasteiger partial charge is 0.191 e. The maximum atomic E-state index is 10.9. The SMILES string of the molecule is CCNC(=NCC(C)(O)c1cc(C)oc1C)NCCc1ccc2c(c1)CCO2.I. The van der Waals surface area contributed by atoms with Crippen molar-refractivity contribution in [3.63, 3.8) is 0 Å². The van der Waals surface area contributed by atoms with Crippen molar-refractivity contribution in [3.8, 4) is 5.75 Å². The minimum Gasteiger partial charge on any atom is -0.493 e. The van der Waals surface area contributed by atoms with Gasteiger partial charge in [-0.2, -0.15) is 0 Å². The molecule has 1 aliphatic heterocycles. The highest BCUT2D eigenvalue weighted by atomic mass is 127. The van der Waals surface area contributed by atoms with Crippen molar-refractivity contribution in [2.45, 2.75) is 46.1 Å². The molecule has 0 spiro atoms. The monoisotopic (exact) mass is 513 g/mol. The molecule has 1 aliphatic rings. The zero-order valence-corrected chi connectivity index (χ0v) is 20.0. The first-order valence-corrected chi connectivity index (χ1v) is 9.95. The van der Waals surface area contributed by atoms with E-state index in [-0.39, 0.29) is 30.5 Å². The summed E-state index contributed by atoms with van der Waals surface area (Å²) in [6.45, 7) is 10.1. The van der Waals surface area contributed by atoms with Gasteiger partial charge in [0.15, 0.2) is 5.96 Å². The Morgan fingerprint density at radius 2 is 2.03 bits per heavy atom. The second kappa shape index (κ2) is 10.3. The van der Waals surface area contributed by atoms with Gasteiger partial charge in [0.1, 0.15) is 22.9 Å². The number of aliphatic hydroxyl groups is 1. The molecule has 1 atom stereocenters. The number of nitrogens with one attached hydrogen (secondary N) is 2. The largest absolute Gasteiger partial charge is 0.493 e. The van der Waals surface area contributed by atoms with Crippen LogP contribution in [0.2, 0.25) is 0 Å². The second-order valence-electron chi connectivity index (χ2n) is 7.51. The number of fused-ring (bicyclic) bond motifs is 1. The molecule has 0 radical (unpaired) electrons. The van der Waals surface area contributed by atoms with E-state index in [2.05, 4.69) is 33.8 Å². The van der Waals surface area contributed by atoms with Crippen molar-refractivity contribution >= 4 is 29.9 Å². The Hall–Kier alpha value is -1.74. The fourth-order valence-corrected chi connectivity index (χ4v) is 3.55. The first kappa shape index (κ1) is 23.5. The number of benzene rings is 1. The molecule has 0 bridgehead atoms. The van der Waals surface area contributed by atoms with Crippen molar-refractivity contribution in [1.29, 1.82) is 0 Å². The van der Waals surface area contributed by atoms with Gasteiger partial charge in [-0.1, -0.05) is 12.1 Å². The van der Waals surface area contributed by atoms with Gasteiger partial charge in [0.2, 0.25) is 0 Å². The van der Waals surface area contributed by atoms with Crippen molar-refractivity contribution in [2.24, 2.45) is 4.99 Å². The molecule has 1 aromatic heterocycles. The zero-order valence-electron chi connectivity index (χ0n) is 17.7. The van der Waals surface area contributed by atoms with Crippen LogP contribution >= 0.6 is 24.0 Å². The van der Waals surface area contributed by atoms with Gasteiger partial charge in [0.25, 0.3) is 0 Å². The van der Waals surface area contributed by atoms with E-state index in [4.69, 9.17) is 9.15 Å². The van der Waals surface area contributed by atoms with Crippen LogP contribution in [-0.2, 0) is 18.4 Å². The summed E-state index contributed by atoms with van der Waals surface area (Å²) in [6, 6.07) is 8.28. The summed E-state index contributed by atoms with van der Waals surface area (Å²) < 4.78 is 11.1. The van der Waals surface area contributed by atoms with Crippen molar-refractivity contribution in [2.75, 3.05) is 26.2 Å². The molecule has 0 amide bonds. The van der Waals surface area contributed by atoms with Gasteiger partial charge in [-0.25, -0.2) is 4.99 Å². The van der Waals surface area contributed by atoms with Crippen LogP contribution in [0.25, 0.3) is 0 Å². The molecule has 3 rings (SSSR count). The second-order valence-corrected chi connectivity index (χ2v) is 7.51. The molecule has 29 heavy (non-hydrogen) atoms. The maximum absolute atomic E-state index is 10.9. The van der Waals surface area contributed by atoms with E-state index in [0.717, 1.165) is 55.4 Å². The molecule has 2 heterocycles. The molecule has 6 nitrogen and oxygen atoms in total. The van der Waals surface area contributed by atoms with E-state index < -0.39 is 5.60 Å². The van der Waals surface area contributed by atoms with Crippen molar-refractivity contribution < 1.29 is 14.3 Å². The lowest BCUT2D eigenvalue weighted by Gasteiger charge is -2.21. The lowest BCUT2D eigenvalue weighted by atomic mass is 9.96. The number of hydrogen-bond donors (Lipinski definition) is 3. The van der Waals surface area contributed by atoms with Crippen LogP contribution in [0.4, 0.5) is 0 Å². The molecule has 0 aliphatic carbocycles. The van der Waals surface area contributed by atoms with Gasteiger partial charge in [-0.05, 0) is 57.4 Å². The van der Waals surface area contributed by atoms with Crippen molar-refractivity contribution in [1.82, 2.24) is 10.6 Å². The molecule has 2 aromatic rings. The number of ether oxygens (including phenoxy) is 1. The highest BCUT2D eigenvalue weighted by Crippen LogP contribution is 2.27. The predicted molar refractivity (Wildman–Crippen MR) is 126 cm³/mol. The molecule has 0 fully saturated rings. The van der Waals surface area contributed by atoms with Crippen LogP contribution in [0.1, 0.15) is 42.1 Å². The molecule has 1 aromatic carbocycles. The number of furan rings is 1. The molecule has 160 valence electrons. The van der Waals surface area contributed by atoms with Crippen LogP contribution in [0.3, 0.4) is 0 Å². The summed E-state index contributed by atoms with van der Waals surface area (Å²) in [5.74, 6) is 3.24. The quantitative estimate of drug-likeness (QED) is 0.300. The van der Waals surface area contributed by atoms with Crippen LogP contribution in [0, 0.1) is 13.8 Å². The highest BCUT2D eigenvalue weighted by Gasteiger charge is 2.27. The van der Waals surface area contributed by atoms with Crippen molar-refractivity contribution in [3.05, 3.63) is 52.5 Å². The average molecular weight is 513 g/mol. The van der Waals surface area contributed by atoms with Gasteiger partial charge in [0, 0.05) is 25.1 Å². The summed E-state index contributed by atoms with van der Waals surface area (Å²) in [5, 5.41) is 17.4. The minimum absolute atomic E-state index is 0. The Morgan fingerprint density at radius 1 is 1.24 bits per heavy atom. The Morgan fingerprint density at radius 3 is 2.72 bits per heavy atom. The number of rotatable bonds is 7. The van der Waals surface area contributed by atoms with E-state index in [1.54, 1.807) is 6.92 Å². The van der Waals surface area contributed by atoms with E-state index in [1.807, 2.05) is 26.8 Å². The number of hydrogen-bond acceptors (Lipinski definition) is 4. The van der Waals surface area contributed by atoms with Gasteiger partial charge in [-0.3, -0.25) is 0 Å². The number of nitrogens with zero attached hydrogens (tertiary/aromatic N) is 1. The zero-order chi connectivity index (χ0) is 20.1. The summed E-state index contributed by atoms with van der Waals surface area (Å²) in [7, 11) is 0. The summed E-state index contributed by atoms with van der Waals surface area (Å²) in [5.41, 5.74) is 2.28. The summed E-state index contributed by atoms with van der Waals surface area (Å²) in [4.78, 5) is 4.58. The lowest BCUT2D eigenvalue weighted by Crippen LogP contribution is -2.39. The standard InChI is InChI=1S/C22H31N3O3.HI/c1-5-23-21(25-14-22(4,26)19-12-15(2)28-16(19)3)24-10-8-17-6-7-20-18(13-17)9-11-27-20;/h6-7,12-13,26H,5,8-11,14H2,1-4H3,(H2,23,24,25);1H.